The third-order valence-corrected chi connectivity index (χ3v) is 16.8. The first-order valence-electron chi connectivity index (χ1n) is 26.7. The van der Waals surface area contributed by atoms with Gasteiger partial charge in [0.25, 0.3) is 0 Å². The molecule has 13 aromatic carbocycles. The molecule has 0 saturated carbocycles. The Morgan fingerprint density at radius 1 is 0.260 bits per heavy atom. The highest BCUT2D eigenvalue weighted by molar-refractivity contribution is 6.10. The first-order chi connectivity index (χ1) is 38.2. The molecule has 1 aromatic heterocycles. The highest BCUT2D eigenvalue weighted by Gasteiger charge is 2.51. The van der Waals surface area contributed by atoms with Crippen LogP contribution in [0.25, 0.3) is 105 Å². The van der Waals surface area contributed by atoms with E-state index >= 15 is 0 Å². The zero-order chi connectivity index (χ0) is 50.6. The summed E-state index contributed by atoms with van der Waals surface area (Å²) < 4.78 is 2.40. The van der Waals surface area contributed by atoms with Gasteiger partial charge in [-0.05, 0) is 166 Å². The van der Waals surface area contributed by atoms with Crippen molar-refractivity contribution in [1.82, 2.24) is 4.57 Å². The van der Waals surface area contributed by atoms with Gasteiger partial charge in [-0.3, -0.25) is 0 Å². The predicted octanol–water partition coefficient (Wildman–Crippen LogP) is 19.9. The second-order valence-electron chi connectivity index (χ2n) is 20.7. The number of para-hydroxylation sites is 2. The number of aromatic nitrogens is 1. The lowest BCUT2D eigenvalue weighted by atomic mass is 9.70. The van der Waals surface area contributed by atoms with E-state index in [1.807, 2.05) is 0 Å². The van der Waals surface area contributed by atoms with E-state index < -0.39 is 5.41 Å². The Balaban J connectivity index is 0.839. The van der Waals surface area contributed by atoms with Crippen LogP contribution in [0.3, 0.4) is 0 Å². The normalized spacial score (nSPS) is 12.8. The summed E-state index contributed by atoms with van der Waals surface area (Å²) in [6.07, 6.45) is 0. The number of fused-ring (bicyclic) bond motifs is 15. The first kappa shape index (κ1) is 43.4. The van der Waals surface area contributed by atoms with Gasteiger partial charge in [-0.2, -0.15) is 0 Å². The molecular weight excluding hydrogens is 929 g/mol. The summed E-state index contributed by atoms with van der Waals surface area (Å²) in [5, 5.41) is 7.40. The van der Waals surface area contributed by atoms with Crippen LogP contribution in [0.1, 0.15) is 22.3 Å². The Bertz CT molecular complexity index is 4590. The van der Waals surface area contributed by atoms with E-state index in [4.69, 9.17) is 0 Å². The van der Waals surface area contributed by atoms with Gasteiger partial charge < -0.3 is 9.47 Å². The lowest BCUT2D eigenvalue weighted by Crippen LogP contribution is -2.25. The van der Waals surface area contributed by atoms with Crippen LogP contribution >= 0.6 is 0 Å². The molecule has 2 aliphatic rings. The van der Waals surface area contributed by atoms with E-state index in [9.17, 15) is 0 Å². The van der Waals surface area contributed by atoms with Gasteiger partial charge in [-0.25, -0.2) is 0 Å². The number of rotatable bonds is 7. The molecular formula is C75H48N2. The van der Waals surface area contributed by atoms with Crippen molar-refractivity contribution in [2.45, 2.75) is 5.41 Å². The Hall–Kier alpha value is -10.0. The quantitative estimate of drug-likeness (QED) is 0.154. The van der Waals surface area contributed by atoms with Gasteiger partial charge in [0.1, 0.15) is 0 Å². The topological polar surface area (TPSA) is 8.17 Å². The van der Waals surface area contributed by atoms with Gasteiger partial charge in [-0.15, -0.1) is 0 Å². The highest BCUT2D eigenvalue weighted by Crippen LogP contribution is 2.63. The molecule has 1 spiro atoms. The summed E-state index contributed by atoms with van der Waals surface area (Å²) in [6.45, 7) is 0. The average Bonchev–Trinajstić information content (AvgIpc) is 4.00. The van der Waals surface area contributed by atoms with Crippen LogP contribution in [0, 0.1) is 0 Å². The lowest BCUT2D eigenvalue weighted by Gasteiger charge is -2.31. The Morgan fingerprint density at radius 2 is 0.714 bits per heavy atom. The zero-order valence-electron chi connectivity index (χ0n) is 42.1. The van der Waals surface area contributed by atoms with Crippen molar-refractivity contribution in [3.63, 3.8) is 0 Å². The average molecular weight is 977 g/mol. The van der Waals surface area contributed by atoms with Crippen molar-refractivity contribution >= 4 is 60.4 Å². The van der Waals surface area contributed by atoms with Crippen LogP contribution < -0.4 is 4.90 Å². The smallest absolute Gasteiger partial charge is 0.0725 e. The summed E-state index contributed by atoms with van der Waals surface area (Å²) in [5.74, 6) is 0. The molecule has 14 aromatic rings. The predicted molar refractivity (Wildman–Crippen MR) is 323 cm³/mol. The molecule has 2 nitrogen and oxygen atoms in total. The fourth-order valence-corrected chi connectivity index (χ4v) is 13.5. The second kappa shape index (κ2) is 17.0. The highest BCUT2D eigenvalue weighted by atomic mass is 15.1. The molecule has 0 amide bonds. The molecule has 2 aliphatic carbocycles. The van der Waals surface area contributed by atoms with Crippen LogP contribution in [0.4, 0.5) is 17.1 Å². The van der Waals surface area contributed by atoms with Crippen molar-refractivity contribution in [2.24, 2.45) is 0 Å². The number of hydrogen-bond acceptors (Lipinski definition) is 1. The Morgan fingerprint density at radius 3 is 1.39 bits per heavy atom. The fraction of sp³-hybridized carbons (Fsp3) is 0.0133. The van der Waals surface area contributed by atoms with E-state index in [0.717, 1.165) is 22.7 Å². The molecule has 1 heterocycles. The van der Waals surface area contributed by atoms with Crippen LogP contribution in [0.15, 0.2) is 291 Å². The molecule has 0 N–H and O–H groups in total. The molecule has 77 heavy (non-hydrogen) atoms. The first-order valence-corrected chi connectivity index (χ1v) is 26.7. The van der Waals surface area contributed by atoms with Crippen LogP contribution in [0.2, 0.25) is 0 Å². The maximum absolute atomic E-state index is 2.45. The van der Waals surface area contributed by atoms with Crippen molar-refractivity contribution < 1.29 is 0 Å². The molecule has 0 radical (unpaired) electrons. The number of hydrogen-bond donors (Lipinski definition) is 0. The van der Waals surface area contributed by atoms with Gasteiger partial charge >= 0.3 is 0 Å². The van der Waals surface area contributed by atoms with E-state index in [0.29, 0.717) is 0 Å². The summed E-state index contributed by atoms with van der Waals surface area (Å²) in [4.78, 5) is 2.45. The summed E-state index contributed by atoms with van der Waals surface area (Å²) in [7, 11) is 0. The van der Waals surface area contributed by atoms with Crippen LogP contribution in [-0.4, -0.2) is 4.57 Å². The summed E-state index contributed by atoms with van der Waals surface area (Å²) >= 11 is 0. The number of anilines is 3. The van der Waals surface area contributed by atoms with Gasteiger partial charge in [0, 0.05) is 33.5 Å². The van der Waals surface area contributed by atoms with Crippen molar-refractivity contribution in [3.8, 4) is 61.3 Å². The summed E-state index contributed by atoms with van der Waals surface area (Å²) in [5.41, 5.74) is 24.2. The fourth-order valence-electron chi connectivity index (χ4n) is 13.5. The van der Waals surface area contributed by atoms with Gasteiger partial charge in [0.15, 0.2) is 0 Å². The monoisotopic (exact) mass is 976 g/mol. The minimum atomic E-state index is -0.412. The van der Waals surface area contributed by atoms with E-state index in [-0.39, 0.29) is 0 Å². The van der Waals surface area contributed by atoms with E-state index in [1.165, 1.54) is 121 Å². The minimum absolute atomic E-state index is 0.412. The second-order valence-corrected chi connectivity index (χ2v) is 20.7. The Labute approximate surface area is 447 Å². The van der Waals surface area contributed by atoms with E-state index in [2.05, 4.69) is 301 Å². The van der Waals surface area contributed by atoms with Gasteiger partial charge in [0.05, 0.1) is 16.4 Å². The standard InChI is InChI=1S/C75H48N2/c1-2-17-49(18-3-1)60-28-15-19-51-20-16-29-61(74(51)60)50-37-40-56(41-38-50)76(59-43-44-71-67(48-59)64-25-6-11-32-70(64)75(71)68-30-9-4-23-62(68)63-24-5-10-31-69(63)75)58-42-39-54-45-53(35-36-55(54)47-58)52-21-14-22-57(46-52)77-72-33-12-7-26-65(72)66-27-8-13-34-73(66)77/h1-48H. The Kier molecular flexibility index (Phi) is 9.58. The molecule has 0 unspecified atom stereocenters. The largest absolute Gasteiger partial charge is 0.310 e. The number of benzene rings is 13. The molecule has 0 aliphatic heterocycles. The van der Waals surface area contributed by atoms with Gasteiger partial charge in [0.2, 0.25) is 0 Å². The zero-order valence-corrected chi connectivity index (χ0v) is 42.1. The van der Waals surface area contributed by atoms with Crippen LogP contribution in [-0.2, 0) is 5.41 Å². The lowest BCUT2D eigenvalue weighted by molar-refractivity contribution is 0.794. The molecule has 0 fully saturated rings. The molecule has 0 bridgehead atoms. The molecule has 16 rings (SSSR count). The van der Waals surface area contributed by atoms with Crippen LogP contribution in [0.5, 0.6) is 0 Å². The molecule has 0 saturated heterocycles. The van der Waals surface area contributed by atoms with Crippen molar-refractivity contribution in [1.29, 1.82) is 0 Å². The maximum atomic E-state index is 2.45. The maximum Gasteiger partial charge on any atom is 0.0725 e. The van der Waals surface area contributed by atoms with Crippen molar-refractivity contribution in [3.05, 3.63) is 313 Å². The van der Waals surface area contributed by atoms with E-state index in [1.54, 1.807) is 0 Å². The summed E-state index contributed by atoms with van der Waals surface area (Å²) in [6, 6.07) is 108. The molecule has 2 heteroatoms. The SMILES string of the molecule is c1ccc(-c2cccc3cccc(-c4ccc(N(c5ccc6c(c5)-c5ccccc5C65c6ccccc6-c6ccccc65)c5ccc6cc(-c7cccc(-n8c9ccccc9c9ccccc98)c7)ccc6c5)cc4)c23)cc1. The molecule has 0 atom stereocenters. The minimum Gasteiger partial charge on any atom is -0.310 e. The molecule has 358 valence electrons. The third kappa shape index (κ3) is 6.49. The third-order valence-electron chi connectivity index (χ3n) is 16.8. The van der Waals surface area contributed by atoms with Crippen molar-refractivity contribution in [2.75, 3.05) is 4.90 Å². The number of nitrogens with zero attached hydrogens (tertiary/aromatic N) is 2. The van der Waals surface area contributed by atoms with Gasteiger partial charge in [-0.1, -0.05) is 224 Å².